The minimum atomic E-state index is -0.137. The average molecular weight is 300 g/mol. The van der Waals surface area contributed by atoms with E-state index >= 15 is 0 Å². The Morgan fingerprint density at radius 2 is 2.05 bits per heavy atom. The predicted molar refractivity (Wildman–Crippen MR) is 84.9 cm³/mol. The number of aryl methyl sites for hydroxylation is 3. The number of aromatic nitrogens is 3. The van der Waals surface area contributed by atoms with Crippen molar-refractivity contribution in [2.24, 2.45) is 0 Å². The molecule has 1 amide bonds. The summed E-state index contributed by atoms with van der Waals surface area (Å²) >= 11 is 1.37. The molecular weight excluding hydrogens is 284 g/mol. The quantitative estimate of drug-likeness (QED) is 0.806. The monoisotopic (exact) mass is 300 g/mol. The first-order chi connectivity index (χ1) is 10.1. The van der Waals surface area contributed by atoms with E-state index in [0.29, 0.717) is 10.8 Å². The summed E-state index contributed by atoms with van der Waals surface area (Å²) in [4.78, 5) is 12.6. The van der Waals surface area contributed by atoms with Crippen molar-refractivity contribution in [2.75, 3.05) is 5.32 Å². The summed E-state index contributed by atoms with van der Waals surface area (Å²) in [5.74, 6) is -0.137. The lowest BCUT2D eigenvalue weighted by molar-refractivity contribution is 0.101. The first-order valence-corrected chi connectivity index (χ1v) is 7.62. The number of carbonyl (C=O) groups excluding carboxylic acids is 1. The maximum atomic E-state index is 12.6. The number of amides is 1. The molecule has 5 nitrogen and oxygen atoms in total. The molecule has 1 N–H and O–H groups in total. The van der Waals surface area contributed by atoms with Crippen molar-refractivity contribution < 1.29 is 4.79 Å². The second kappa shape index (κ2) is 5.29. The Bertz CT molecular complexity index is 818. The Morgan fingerprint density at radius 3 is 2.71 bits per heavy atom. The maximum Gasteiger partial charge on any atom is 0.274 e. The predicted octanol–water partition coefficient (Wildman–Crippen LogP) is 3.38. The second-order valence-corrected chi connectivity index (χ2v) is 6.00. The van der Waals surface area contributed by atoms with Gasteiger partial charge in [0, 0.05) is 17.4 Å². The summed E-state index contributed by atoms with van der Waals surface area (Å²) in [6.07, 6.45) is 0. The van der Waals surface area contributed by atoms with Gasteiger partial charge in [0.05, 0.1) is 0 Å². The van der Waals surface area contributed by atoms with Crippen LogP contribution in [0, 0.1) is 13.8 Å². The van der Waals surface area contributed by atoms with Gasteiger partial charge in [0.1, 0.15) is 10.7 Å². The molecule has 3 rings (SSSR count). The molecule has 1 aromatic carbocycles. The van der Waals surface area contributed by atoms with E-state index in [1.807, 2.05) is 49.6 Å². The minimum absolute atomic E-state index is 0.137. The fourth-order valence-corrected chi connectivity index (χ4v) is 3.19. The fraction of sp³-hybridized carbons (Fsp3) is 0.267. The van der Waals surface area contributed by atoms with Gasteiger partial charge >= 0.3 is 0 Å². The second-order valence-electron chi connectivity index (χ2n) is 4.82. The smallest absolute Gasteiger partial charge is 0.274 e. The van der Waals surface area contributed by atoms with Gasteiger partial charge in [-0.2, -0.15) is 0 Å². The molecule has 0 bridgehead atoms. The van der Waals surface area contributed by atoms with Gasteiger partial charge in [-0.25, -0.2) is 0 Å². The normalized spacial score (nSPS) is 11.0. The van der Waals surface area contributed by atoms with Crippen LogP contribution in [0.5, 0.6) is 0 Å². The van der Waals surface area contributed by atoms with E-state index in [1.165, 1.54) is 11.3 Å². The molecule has 108 valence electrons. The molecule has 0 aliphatic rings. The molecule has 0 aliphatic heterocycles. The zero-order valence-corrected chi connectivity index (χ0v) is 13.0. The number of carbonyl (C=O) groups is 1. The van der Waals surface area contributed by atoms with Crippen LogP contribution in [0.4, 0.5) is 5.13 Å². The molecule has 0 unspecified atom stereocenters. The molecule has 0 saturated heterocycles. The van der Waals surface area contributed by atoms with E-state index in [4.69, 9.17) is 0 Å². The number of anilines is 1. The van der Waals surface area contributed by atoms with Gasteiger partial charge < -0.3 is 4.57 Å². The molecule has 0 aliphatic carbocycles. The van der Waals surface area contributed by atoms with Crippen LogP contribution in [0.1, 0.15) is 28.0 Å². The van der Waals surface area contributed by atoms with Gasteiger partial charge in [0.2, 0.25) is 5.13 Å². The SMILES string of the molecule is CCn1c(C(=O)Nc2nnc(C)s2)c(C)c2ccccc21. The summed E-state index contributed by atoms with van der Waals surface area (Å²) in [6, 6.07) is 8.06. The van der Waals surface area contributed by atoms with Crippen LogP contribution in [0.2, 0.25) is 0 Å². The van der Waals surface area contributed by atoms with Gasteiger partial charge in [-0.05, 0) is 32.4 Å². The van der Waals surface area contributed by atoms with Crippen molar-refractivity contribution in [1.29, 1.82) is 0 Å². The molecule has 0 atom stereocenters. The molecule has 6 heteroatoms. The third-order valence-corrected chi connectivity index (χ3v) is 4.26. The standard InChI is InChI=1S/C15H16N4OS/c1-4-19-12-8-6-5-7-11(12)9(2)13(19)14(20)16-15-18-17-10(3)21-15/h5-8H,4H2,1-3H3,(H,16,18,20). The van der Waals surface area contributed by atoms with Crippen molar-refractivity contribution >= 4 is 33.3 Å². The molecule has 0 radical (unpaired) electrons. The molecule has 0 fully saturated rings. The van der Waals surface area contributed by atoms with E-state index in [-0.39, 0.29) is 5.91 Å². The zero-order valence-electron chi connectivity index (χ0n) is 12.2. The maximum absolute atomic E-state index is 12.6. The van der Waals surface area contributed by atoms with E-state index in [0.717, 1.165) is 28.0 Å². The largest absolute Gasteiger partial charge is 0.337 e. The van der Waals surface area contributed by atoms with Gasteiger partial charge in [0.15, 0.2) is 0 Å². The van der Waals surface area contributed by atoms with Crippen LogP contribution in [0.3, 0.4) is 0 Å². The number of benzene rings is 1. The molecule has 0 spiro atoms. The van der Waals surface area contributed by atoms with Crippen LogP contribution in [0.15, 0.2) is 24.3 Å². The molecular formula is C15H16N4OS. The van der Waals surface area contributed by atoms with Gasteiger partial charge in [0.25, 0.3) is 5.91 Å². The van der Waals surface area contributed by atoms with Crippen LogP contribution in [-0.4, -0.2) is 20.7 Å². The van der Waals surface area contributed by atoms with Gasteiger partial charge in [-0.3, -0.25) is 10.1 Å². The number of hydrogen-bond donors (Lipinski definition) is 1. The number of rotatable bonds is 3. The number of hydrogen-bond acceptors (Lipinski definition) is 4. The highest BCUT2D eigenvalue weighted by Gasteiger charge is 2.20. The minimum Gasteiger partial charge on any atom is -0.337 e. The summed E-state index contributed by atoms with van der Waals surface area (Å²) in [5.41, 5.74) is 2.76. The number of nitrogens with one attached hydrogen (secondary N) is 1. The van der Waals surface area contributed by atoms with Crippen LogP contribution in [0.25, 0.3) is 10.9 Å². The molecule has 2 aromatic heterocycles. The van der Waals surface area contributed by atoms with Crippen LogP contribution in [-0.2, 0) is 6.54 Å². The highest BCUT2D eigenvalue weighted by Crippen LogP contribution is 2.26. The van der Waals surface area contributed by atoms with Gasteiger partial charge in [-0.15, -0.1) is 10.2 Å². The number of nitrogens with zero attached hydrogens (tertiary/aromatic N) is 3. The lowest BCUT2D eigenvalue weighted by Gasteiger charge is -2.08. The van der Waals surface area contributed by atoms with Crippen molar-refractivity contribution in [1.82, 2.24) is 14.8 Å². The van der Waals surface area contributed by atoms with E-state index < -0.39 is 0 Å². The van der Waals surface area contributed by atoms with Crippen molar-refractivity contribution in [2.45, 2.75) is 27.3 Å². The van der Waals surface area contributed by atoms with E-state index in [9.17, 15) is 4.79 Å². The molecule has 21 heavy (non-hydrogen) atoms. The van der Waals surface area contributed by atoms with Crippen molar-refractivity contribution in [3.05, 3.63) is 40.5 Å². The number of para-hydroxylation sites is 1. The zero-order chi connectivity index (χ0) is 15.0. The fourth-order valence-electron chi connectivity index (χ4n) is 2.60. The Kier molecular flexibility index (Phi) is 3.47. The Hall–Kier alpha value is -2.21. The van der Waals surface area contributed by atoms with Crippen molar-refractivity contribution in [3.8, 4) is 0 Å². The highest BCUT2D eigenvalue weighted by atomic mass is 32.1. The van der Waals surface area contributed by atoms with Crippen LogP contribution < -0.4 is 5.32 Å². The Balaban J connectivity index is 2.06. The molecule has 3 aromatic rings. The topological polar surface area (TPSA) is 59.8 Å². The highest BCUT2D eigenvalue weighted by molar-refractivity contribution is 7.15. The summed E-state index contributed by atoms with van der Waals surface area (Å²) < 4.78 is 2.04. The first kappa shape index (κ1) is 13.8. The number of fused-ring (bicyclic) bond motifs is 1. The Labute approximate surface area is 126 Å². The third kappa shape index (κ3) is 2.31. The lowest BCUT2D eigenvalue weighted by atomic mass is 10.1. The van der Waals surface area contributed by atoms with E-state index in [1.54, 1.807) is 0 Å². The summed E-state index contributed by atoms with van der Waals surface area (Å²) in [5, 5.41) is 13.2. The molecule has 2 heterocycles. The summed E-state index contributed by atoms with van der Waals surface area (Å²) in [6.45, 7) is 6.63. The van der Waals surface area contributed by atoms with Gasteiger partial charge in [-0.1, -0.05) is 29.5 Å². The lowest BCUT2D eigenvalue weighted by Crippen LogP contribution is -2.17. The third-order valence-electron chi connectivity index (χ3n) is 3.50. The van der Waals surface area contributed by atoms with E-state index in [2.05, 4.69) is 15.5 Å². The first-order valence-electron chi connectivity index (χ1n) is 6.81. The average Bonchev–Trinajstić information content (AvgIpc) is 3.00. The van der Waals surface area contributed by atoms with Crippen molar-refractivity contribution in [3.63, 3.8) is 0 Å². The molecule has 0 saturated carbocycles. The Morgan fingerprint density at radius 1 is 1.29 bits per heavy atom. The van der Waals surface area contributed by atoms with Crippen LogP contribution >= 0.6 is 11.3 Å². The summed E-state index contributed by atoms with van der Waals surface area (Å²) in [7, 11) is 0.